The van der Waals surface area contributed by atoms with Gasteiger partial charge in [-0.3, -0.25) is 0 Å². The first-order valence-corrected chi connectivity index (χ1v) is 6.10. The highest BCUT2D eigenvalue weighted by molar-refractivity contribution is 7.98. The van der Waals surface area contributed by atoms with E-state index in [-0.39, 0.29) is 18.2 Å². The van der Waals surface area contributed by atoms with Crippen LogP contribution in [0, 0.1) is 0 Å². The van der Waals surface area contributed by atoms with Crippen molar-refractivity contribution in [3.05, 3.63) is 23.8 Å². The Labute approximate surface area is 98.7 Å². The minimum Gasteiger partial charge on any atom is -0.478 e. The van der Waals surface area contributed by atoms with Gasteiger partial charge in [-0.2, -0.15) is 0 Å². The molecule has 0 aliphatic rings. The van der Waals surface area contributed by atoms with Crippen LogP contribution in [0.5, 0.6) is 0 Å². The Morgan fingerprint density at radius 2 is 2.25 bits per heavy atom. The monoisotopic (exact) mass is 241 g/mol. The van der Waals surface area contributed by atoms with E-state index < -0.39 is 5.97 Å². The second kappa shape index (κ2) is 5.77. The summed E-state index contributed by atoms with van der Waals surface area (Å²) in [7, 11) is 0. The SMILES string of the molecule is CSc1cccc(NC(C)CO)c1C(=O)O. The van der Waals surface area contributed by atoms with Crippen molar-refractivity contribution in [2.24, 2.45) is 0 Å². The van der Waals surface area contributed by atoms with Gasteiger partial charge < -0.3 is 15.5 Å². The number of nitrogens with one attached hydrogen (secondary N) is 1. The fourth-order valence-electron chi connectivity index (χ4n) is 1.35. The first-order chi connectivity index (χ1) is 7.60. The average molecular weight is 241 g/mol. The number of benzene rings is 1. The molecule has 0 fully saturated rings. The first-order valence-electron chi connectivity index (χ1n) is 4.87. The fraction of sp³-hybridized carbons (Fsp3) is 0.364. The number of aromatic carboxylic acids is 1. The van der Waals surface area contributed by atoms with Crippen LogP contribution in [-0.4, -0.2) is 35.1 Å². The molecule has 1 unspecified atom stereocenters. The van der Waals surface area contributed by atoms with E-state index in [9.17, 15) is 4.79 Å². The topological polar surface area (TPSA) is 69.6 Å². The molecule has 0 saturated heterocycles. The van der Waals surface area contributed by atoms with E-state index in [1.807, 2.05) is 6.26 Å². The highest BCUT2D eigenvalue weighted by atomic mass is 32.2. The zero-order valence-electron chi connectivity index (χ0n) is 9.23. The van der Waals surface area contributed by atoms with Crippen LogP contribution in [0.2, 0.25) is 0 Å². The van der Waals surface area contributed by atoms with E-state index in [1.165, 1.54) is 11.8 Å². The van der Waals surface area contributed by atoms with E-state index in [0.29, 0.717) is 10.6 Å². The summed E-state index contributed by atoms with van der Waals surface area (Å²) in [6, 6.07) is 5.10. The van der Waals surface area contributed by atoms with Crippen molar-refractivity contribution in [2.75, 3.05) is 18.2 Å². The Hall–Kier alpha value is -1.20. The number of thioether (sulfide) groups is 1. The number of hydrogen-bond acceptors (Lipinski definition) is 4. The number of anilines is 1. The third-order valence-corrected chi connectivity index (χ3v) is 2.92. The molecule has 0 aromatic heterocycles. The molecule has 0 aliphatic carbocycles. The van der Waals surface area contributed by atoms with Crippen molar-refractivity contribution in [3.8, 4) is 0 Å². The molecule has 0 aliphatic heterocycles. The van der Waals surface area contributed by atoms with E-state index in [4.69, 9.17) is 10.2 Å². The molecule has 3 N–H and O–H groups in total. The molecule has 0 saturated carbocycles. The lowest BCUT2D eigenvalue weighted by atomic mass is 10.1. The van der Waals surface area contributed by atoms with Crippen molar-refractivity contribution in [1.82, 2.24) is 0 Å². The number of carboxylic acids is 1. The molecule has 0 spiro atoms. The minimum atomic E-state index is -0.961. The summed E-state index contributed by atoms with van der Waals surface area (Å²) in [5, 5.41) is 21.1. The van der Waals surface area contributed by atoms with Crippen LogP contribution in [0.1, 0.15) is 17.3 Å². The number of aliphatic hydroxyl groups excluding tert-OH is 1. The van der Waals surface area contributed by atoms with E-state index >= 15 is 0 Å². The van der Waals surface area contributed by atoms with Crippen LogP contribution in [0.4, 0.5) is 5.69 Å². The molecule has 1 rings (SSSR count). The van der Waals surface area contributed by atoms with Gasteiger partial charge in [0.25, 0.3) is 0 Å². The summed E-state index contributed by atoms with van der Waals surface area (Å²) >= 11 is 1.39. The number of rotatable bonds is 5. The number of hydrogen-bond donors (Lipinski definition) is 3. The molecule has 16 heavy (non-hydrogen) atoms. The lowest BCUT2D eigenvalue weighted by molar-refractivity contribution is 0.0694. The van der Waals surface area contributed by atoms with Crippen LogP contribution < -0.4 is 5.32 Å². The first kappa shape index (κ1) is 12.9. The Balaban J connectivity index is 3.12. The predicted molar refractivity (Wildman–Crippen MR) is 65.4 cm³/mol. The van der Waals surface area contributed by atoms with Gasteiger partial charge in [-0.1, -0.05) is 6.07 Å². The summed E-state index contributed by atoms with van der Waals surface area (Å²) in [4.78, 5) is 11.9. The summed E-state index contributed by atoms with van der Waals surface area (Å²) in [5.74, 6) is -0.961. The van der Waals surface area contributed by atoms with E-state index in [2.05, 4.69) is 5.32 Å². The van der Waals surface area contributed by atoms with Crippen molar-refractivity contribution in [2.45, 2.75) is 17.9 Å². The second-order valence-electron chi connectivity index (χ2n) is 3.42. The summed E-state index contributed by atoms with van der Waals surface area (Å²) in [6.45, 7) is 1.75. The van der Waals surface area contributed by atoms with Gasteiger partial charge in [0.2, 0.25) is 0 Å². The van der Waals surface area contributed by atoms with Gasteiger partial charge in [0.1, 0.15) is 0 Å². The number of aliphatic hydroxyl groups is 1. The van der Waals surface area contributed by atoms with E-state index in [0.717, 1.165) is 0 Å². The largest absolute Gasteiger partial charge is 0.478 e. The van der Waals surface area contributed by atoms with Crippen molar-refractivity contribution >= 4 is 23.4 Å². The molecule has 4 nitrogen and oxygen atoms in total. The smallest absolute Gasteiger partial charge is 0.338 e. The Morgan fingerprint density at radius 3 is 2.75 bits per heavy atom. The van der Waals surface area contributed by atoms with Crippen molar-refractivity contribution in [3.63, 3.8) is 0 Å². The van der Waals surface area contributed by atoms with Gasteiger partial charge in [0.15, 0.2) is 0 Å². The molecule has 0 amide bonds. The quantitative estimate of drug-likeness (QED) is 0.687. The summed E-state index contributed by atoms with van der Waals surface area (Å²) in [5.41, 5.74) is 0.802. The molecule has 1 atom stereocenters. The van der Waals surface area contributed by atoms with Crippen molar-refractivity contribution < 1.29 is 15.0 Å². The standard InChI is InChI=1S/C11H15NO3S/c1-7(6-13)12-8-4-3-5-9(16-2)10(8)11(14)15/h3-5,7,12-13H,6H2,1-2H3,(H,14,15). The molecular formula is C11H15NO3S. The van der Waals surface area contributed by atoms with Gasteiger partial charge in [-0.25, -0.2) is 4.79 Å². The maximum atomic E-state index is 11.2. The minimum absolute atomic E-state index is 0.0391. The molecule has 88 valence electrons. The normalized spacial score (nSPS) is 12.2. The van der Waals surface area contributed by atoms with Gasteiger partial charge in [-0.05, 0) is 25.3 Å². The second-order valence-corrected chi connectivity index (χ2v) is 4.26. The van der Waals surface area contributed by atoms with Crippen LogP contribution in [-0.2, 0) is 0 Å². The number of carbonyl (C=O) groups is 1. The number of carboxylic acid groups (broad SMARTS) is 1. The third-order valence-electron chi connectivity index (χ3n) is 2.14. The van der Waals surface area contributed by atoms with Gasteiger partial charge in [0, 0.05) is 10.9 Å². The predicted octanol–water partition coefficient (Wildman–Crippen LogP) is 1.90. The fourth-order valence-corrected chi connectivity index (χ4v) is 1.97. The Kier molecular flexibility index (Phi) is 4.64. The Bertz CT molecular complexity index is 381. The lowest BCUT2D eigenvalue weighted by Crippen LogP contribution is -2.21. The summed E-state index contributed by atoms with van der Waals surface area (Å²) < 4.78 is 0. The van der Waals surface area contributed by atoms with Crippen molar-refractivity contribution in [1.29, 1.82) is 0 Å². The average Bonchev–Trinajstić information content (AvgIpc) is 2.28. The van der Waals surface area contributed by atoms with E-state index in [1.54, 1.807) is 25.1 Å². The molecule has 0 radical (unpaired) electrons. The van der Waals surface area contributed by atoms with Crippen LogP contribution in [0.15, 0.2) is 23.1 Å². The Morgan fingerprint density at radius 1 is 1.56 bits per heavy atom. The van der Waals surface area contributed by atoms with Gasteiger partial charge in [0.05, 0.1) is 17.9 Å². The zero-order valence-corrected chi connectivity index (χ0v) is 10.0. The van der Waals surface area contributed by atoms with Gasteiger partial charge >= 0.3 is 5.97 Å². The molecular weight excluding hydrogens is 226 g/mol. The highest BCUT2D eigenvalue weighted by Crippen LogP contribution is 2.27. The summed E-state index contributed by atoms with van der Waals surface area (Å²) in [6.07, 6.45) is 1.83. The molecule has 1 aromatic carbocycles. The zero-order chi connectivity index (χ0) is 12.1. The maximum Gasteiger partial charge on any atom is 0.338 e. The van der Waals surface area contributed by atoms with Crippen LogP contribution in [0.3, 0.4) is 0 Å². The molecule has 0 heterocycles. The van der Waals surface area contributed by atoms with Crippen LogP contribution in [0.25, 0.3) is 0 Å². The van der Waals surface area contributed by atoms with Gasteiger partial charge in [-0.15, -0.1) is 11.8 Å². The maximum absolute atomic E-state index is 11.2. The third kappa shape index (κ3) is 2.90. The molecule has 1 aromatic rings. The highest BCUT2D eigenvalue weighted by Gasteiger charge is 2.15. The molecule has 0 bridgehead atoms. The van der Waals surface area contributed by atoms with Crippen LogP contribution >= 0.6 is 11.8 Å². The lowest BCUT2D eigenvalue weighted by Gasteiger charge is -2.16. The molecule has 5 heteroatoms.